The Morgan fingerprint density at radius 1 is 1.44 bits per heavy atom. The third kappa shape index (κ3) is 2.73. The molecule has 0 aliphatic rings. The lowest BCUT2D eigenvalue weighted by molar-refractivity contribution is 0.103. The van der Waals surface area contributed by atoms with E-state index in [0.717, 1.165) is 18.4 Å². The summed E-state index contributed by atoms with van der Waals surface area (Å²) in [5, 5.41) is 4.47. The maximum absolute atomic E-state index is 12.0. The number of carbonyl (C=O) groups is 1. The van der Waals surface area contributed by atoms with Gasteiger partial charge in [-0.1, -0.05) is 31.0 Å². The minimum absolute atomic E-state index is 0.0527. The molecule has 88 valence electrons. The highest BCUT2D eigenvalue weighted by Gasteiger charge is 2.14. The van der Waals surface area contributed by atoms with Crippen LogP contribution in [0.25, 0.3) is 0 Å². The highest BCUT2D eigenvalue weighted by molar-refractivity contribution is 6.34. The third-order valence-corrected chi connectivity index (χ3v) is 2.85. The molecule has 0 saturated heterocycles. The van der Waals surface area contributed by atoms with E-state index in [1.165, 1.54) is 6.20 Å². The molecule has 0 atom stereocenters. The van der Waals surface area contributed by atoms with Crippen molar-refractivity contribution in [3.63, 3.8) is 0 Å². The van der Waals surface area contributed by atoms with Gasteiger partial charge < -0.3 is 0 Å². The van der Waals surface area contributed by atoms with Gasteiger partial charge in [0.05, 0.1) is 11.2 Å². The van der Waals surface area contributed by atoms with Gasteiger partial charge in [-0.3, -0.25) is 9.48 Å². The zero-order valence-electron chi connectivity index (χ0n) is 9.96. The number of allylic oxidation sites excluding steroid dienone is 2. The molecule has 0 aliphatic heterocycles. The van der Waals surface area contributed by atoms with Crippen molar-refractivity contribution in [2.75, 3.05) is 0 Å². The molecule has 0 aromatic carbocycles. The molecule has 0 N–H and O–H groups in total. The fourth-order valence-corrected chi connectivity index (χ4v) is 1.79. The molecular formula is C12H17ClN2O. The third-order valence-electron chi connectivity index (χ3n) is 2.57. The Bertz CT molecular complexity index is 401. The molecule has 1 heterocycles. The van der Waals surface area contributed by atoms with Crippen LogP contribution in [0.15, 0.2) is 17.8 Å². The van der Waals surface area contributed by atoms with E-state index in [1.54, 1.807) is 10.8 Å². The Labute approximate surface area is 101 Å². The second kappa shape index (κ2) is 5.85. The highest BCUT2D eigenvalue weighted by atomic mass is 35.5. The van der Waals surface area contributed by atoms with Gasteiger partial charge >= 0.3 is 0 Å². The summed E-state index contributed by atoms with van der Waals surface area (Å²) in [7, 11) is 0. The van der Waals surface area contributed by atoms with E-state index in [9.17, 15) is 4.79 Å². The van der Waals surface area contributed by atoms with Gasteiger partial charge in [-0.2, -0.15) is 5.10 Å². The fourth-order valence-electron chi connectivity index (χ4n) is 1.56. The molecule has 1 aromatic heterocycles. The Kier molecular flexibility index (Phi) is 4.74. The van der Waals surface area contributed by atoms with Crippen LogP contribution in [0.4, 0.5) is 0 Å². The second-order valence-electron chi connectivity index (χ2n) is 3.53. The number of halogens is 1. The first-order valence-electron chi connectivity index (χ1n) is 5.59. The van der Waals surface area contributed by atoms with Crippen molar-refractivity contribution in [2.24, 2.45) is 0 Å². The summed E-state index contributed by atoms with van der Waals surface area (Å²) in [4.78, 5) is 12.0. The quantitative estimate of drug-likeness (QED) is 0.583. The summed E-state index contributed by atoms with van der Waals surface area (Å²) in [5.74, 6) is -0.0527. The van der Waals surface area contributed by atoms with E-state index < -0.39 is 0 Å². The van der Waals surface area contributed by atoms with E-state index >= 15 is 0 Å². The maximum Gasteiger partial charge on any atom is 0.205 e. The van der Waals surface area contributed by atoms with Gasteiger partial charge in [0, 0.05) is 6.54 Å². The van der Waals surface area contributed by atoms with Crippen LogP contribution in [0, 0.1) is 0 Å². The minimum atomic E-state index is -0.0527. The molecule has 0 saturated carbocycles. The Hall–Kier alpha value is -1.09. The number of ketones is 1. The van der Waals surface area contributed by atoms with E-state index in [2.05, 4.69) is 5.10 Å². The minimum Gasteiger partial charge on any atom is -0.287 e. The van der Waals surface area contributed by atoms with Crippen molar-refractivity contribution in [2.45, 2.75) is 40.2 Å². The van der Waals surface area contributed by atoms with Crippen molar-refractivity contribution in [3.05, 3.63) is 28.6 Å². The normalized spacial score (nSPS) is 10.2. The van der Waals surface area contributed by atoms with Gasteiger partial charge in [0.15, 0.2) is 0 Å². The SMILES string of the molecule is CCC(=CC(=O)c1c(Cl)cnn1CC)CC. The number of hydrogen-bond acceptors (Lipinski definition) is 2. The van der Waals surface area contributed by atoms with Crippen LogP contribution in [0.1, 0.15) is 44.1 Å². The van der Waals surface area contributed by atoms with Crippen LogP contribution in [-0.4, -0.2) is 15.6 Å². The number of nitrogens with zero attached hydrogens (tertiary/aromatic N) is 2. The molecular weight excluding hydrogens is 224 g/mol. The van der Waals surface area contributed by atoms with Gasteiger partial charge in [0.1, 0.15) is 5.69 Å². The number of rotatable bonds is 5. The van der Waals surface area contributed by atoms with Gasteiger partial charge in [-0.15, -0.1) is 0 Å². The largest absolute Gasteiger partial charge is 0.287 e. The smallest absolute Gasteiger partial charge is 0.205 e. The van der Waals surface area contributed by atoms with Crippen LogP contribution in [0.2, 0.25) is 5.02 Å². The first kappa shape index (κ1) is 13.0. The number of aryl methyl sites for hydroxylation is 1. The summed E-state index contributed by atoms with van der Waals surface area (Å²) in [6.07, 6.45) is 4.97. The van der Waals surface area contributed by atoms with Crippen LogP contribution in [-0.2, 0) is 6.54 Å². The molecule has 0 spiro atoms. The topological polar surface area (TPSA) is 34.9 Å². The predicted molar refractivity (Wildman–Crippen MR) is 65.9 cm³/mol. The average Bonchev–Trinajstić information content (AvgIpc) is 2.67. The number of carbonyl (C=O) groups excluding carboxylic acids is 1. The second-order valence-corrected chi connectivity index (χ2v) is 3.94. The molecule has 0 amide bonds. The molecule has 16 heavy (non-hydrogen) atoms. The van der Waals surface area contributed by atoms with Crippen LogP contribution < -0.4 is 0 Å². The Morgan fingerprint density at radius 2 is 2.06 bits per heavy atom. The van der Waals surface area contributed by atoms with Crippen LogP contribution in [0.5, 0.6) is 0 Å². The van der Waals surface area contributed by atoms with Crippen molar-refractivity contribution < 1.29 is 4.79 Å². The van der Waals surface area contributed by atoms with E-state index in [4.69, 9.17) is 11.6 Å². The first-order valence-corrected chi connectivity index (χ1v) is 5.96. The molecule has 0 fully saturated rings. The van der Waals surface area contributed by atoms with Gasteiger partial charge in [0.2, 0.25) is 5.78 Å². The lowest BCUT2D eigenvalue weighted by Gasteiger charge is -2.03. The molecule has 4 heteroatoms. The summed E-state index contributed by atoms with van der Waals surface area (Å²) in [6, 6.07) is 0. The zero-order chi connectivity index (χ0) is 12.1. The van der Waals surface area contributed by atoms with Gasteiger partial charge in [0.25, 0.3) is 0 Å². The average molecular weight is 241 g/mol. The Morgan fingerprint density at radius 3 is 2.56 bits per heavy atom. The van der Waals surface area contributed by atoms with E-state index in [0.29, 0.717) is 17.3 Å². The highest BCUT2D eigenvalue weighted by Crippen LogP contribution is 2.17. The monoisotopic (exact) mass is 240 g/mol. The van der Waals surface area contributed by atoms with Crippen molar-refractivity contribution in [1.29, 1.82) is 0 Å². The molecule has 3 nitrogen and oxygen atoms in total. The first-order chi connectivity index (χ1) is 7.63. The van der Waals surface area contributed by atoms with Crippen molar-refractivity contribution >= 4 is 17.4 Å². The lowest BCUT2D eigenvalue weighted by Crippen LogP contribution is -2.08. The molecule has 1 aromatic rings. The standard InChI is InChI=1S/C12H17ClN2O/c1-4-9(5-2)7-11(16)12-10(13)8-14-15(12)6-3/h7-8H,4-6H2,1-3H3. The van der Waals surface area contributed by atoms with Crippen LogP contribution >= 0.6 is 11.6 Å². The van der Waals surface area contributed by atoms with E-state index in [1.807, 2.05) is 20.8 Å². The number of aromatic nitrogens is 2. The van der Waals surface area contributed by atoms with Gasteiger partial charge in [-0.25, -0.2) is 0 Å². The van der Waals surface area contributed by atoms with Crippen molar-refractivity contribution in [3.8, 4) is 0 Å². The Balaban J connectivity index is 3.04. The number of hydrogen-bond donors (Lipinski definition) is 0. The fraction of sp³-hybridized carbons (Fsp3) is 0.500. The van der Waals surface area contributed by atoms with Crippen molar-refractivity contribution in [1.82, 2.24) is 9.78 Å². The predicted octanol–water partition coefficient (Wildman–Crippen LogP) is 3.49. The van der Waals surface area contributed by atoms with Crippen LogP contribution in [0.3, 0.4) is 0 Å². The summed E-state index contributed by atoms with van der Waals surface area (Å²) >= 11 is 5.95. The lowest BCUT2D eigenvalue weighted by atomic mass is 10.1. The molecule has 0 bridgehead atoms. The molecule has 0 aliphatic carbocycles. The maximum atomic E-state index is 12.0. The zero-order valence-corrected chi connectivity index (χ0v) is 10.7. The summed E-state index contributed by atoms with van der Waals surface area (Å²) in [5.41, 5.74) is 1.62. The molecule has 0 unspecified atom stereocenters. The van der Waals surface area contributed by atoms with E-state index in [-0.39, 0.29) is 5.78 Å². The van der Waals surface area contributed by atoms with Gasteiger partial charge in [-0.05, 0) is 25.8 Å². The summed E-state index contributed by atoms with van der Waals surface area (Å²) in [6.45, 7) is 6.67. The summed E-state index contributed by atoms with van der Waals surface area (Å²) < 4.78 is 1.63. The molecule has 0 radical (unpaired) electrons. The molecule has 1 rings (SSSR count).